The fourth-order valence-corrected chi connectivity index (χ4v) is 3.01. The van der Waals surface area contributed by atoms with Crippen LogP contribution in [0.15, 0.2) is 30.3 Å². The lowest BCUT2D eigenvalue weighted by Crippen LogP contribution is -2.06. The van der Waals surface area contributed by atoms with Crippen molar-refractivity contribution >= 4 is 12.3 Å². The van der Waals surface area contributed by atoms with Crippen LogP contribution in [0.1, 0.15) is 49.0 Å². The van der Waals surface area contributed by atoms with Crippen LogP contribution in [-0.4, -0.2) is 37.7 Å². The molecular formula is C24H30O7. The normalized spacial score (nSPS) is 10.6. The van der Waals surface area contributed by atoms with Crippen LogP contribution in [0.3, 0.4) is 0 Å². The second-order valence-electron chi connectivity index (χ2n) is 7.54. The van der Waals surface area contributed by atoms with E-state index in [1.54, 1.807) is 37.3 Å². The molecule has 31 heavy (non-hydrogen) atoms. The van der Waals surface area contributed by atoms with Crippen LogP contribution < -0.4 is 18.9 Å². The van der Waals surface area contributed by atoms with Gasteiger partial charge in [0.25, 0.3) is 6.47 Å². The number of benzene rings is 2. The van der Waals surface area contributed by atoms with E-state index < -0.39 is 0 Å². The second-order valence-corrected chi connectivity index (χ2v) is 7.54. The van der Waals surface area contributed by atoms with Gasteiger partial charge >= 0.3 is 0 Å². The third-order valence-electron chi connectivity index (χ3n) is 4.65. The van der Waals surface area contributed by atoms with E-state index in [-0.39, 0.29) is 17.5 Å². The van der Waals surface area contributed by atoms with Gasteiger partial charge in [-0.3, -0.25) is 9.59 Å². The molecule has 0 spiro atoms. The number of hydrogen-bond acceptors (Lipinski definition) is 7. The van der Waals surface area contributed by atoms with E-state index in [9.17, 15) is 14.7 Å². The summed E-state index contributed by atoms with van der Waals surface area (Å²) in [5.74, 6) is 2.13. The molecule has 0 fully saturated rings. The van der Waals surface area contributed by atoms with Gasteiger partial charge in [-0.2, -0.15) is 0 Å². The number of ether oxygens (including phenoxy) is 4. The van der Waals surface area contributed by atoms with Gasteiger partial charge in [0, 0.05) is 18.1 Å². The van der Waals surface area contributed by atoms with Crippen molar-refractivity contribution in [2.24, 2.45) is 5.92 Å². The SMILES string of the molecule is COc1cc(OC=O)ccc1OCCCCOc1ccc(C(=O)CC(C)C)c(O)c1C. The summed E-state index contributed by atoms with van der Waals surface area (Å²) in [5, 5.41) is 10.4. The molecule has 7 heteroatoms. The zero-order valence-corrected chi connectivity index (χ0v) is 18.5. The van der Waals surface area contributed by atoms with E-state index in [1.807, 2.05) is 13.8 Å². The molecule has 0 unspecified atom stereocenters. The number of unbranched alkanes of at least 4 members (excludes halogenated alkanes) is 1. The van der Waals surface area contributed by atoms with Crippen molar-refractivity contribution in [2.75, 3.05) is 20.3 Å². The summed E-state index contributed by atoms with van der Waals surface area (Å²) in [6.45, 7) is 6.94. The van der Waals surface area contributed by atoms with Gasteiger partial charge in [0.2, 0.25) is 0 Å². The highest BCUT2D eigenvalue weighted by atomic mass is 16.5. The van der Waals surface area contributed by atoms with E-state index >= 15 is 0 Å². The number of rotatable bonds is 13. The van der Waals surface area contributed by atoms with Gasteiger partial charge in [-0.15, -0.1) is 0 Å². The first kappa shape index (κ1) is 24.1. The average Bonchev–Trinajstić information content (AvgIpc) is 2.73. The third kappa shape index (κ3) is 6.91. The highest BCUT2D eigenvalue weighted by Gasteiger charge is 2.17. The van der Waals surface area contributed by atoms with Gasteiger partial charge in [-0.05, 0) is 49.9 Å². The molecule has 0 amide bonds. The fraction of sp³-hybridized carbons (Fsp3) is 0.417. The minimum absolute atomic E-state index is 0.0133. The van der Waals surface area contributed by atoms with E-state index in [1.165, 1.54) is 7.11 Å². The summed E-state index contributed by atoms with van der Waals surface area (Å²) in [7, 11) is 1.51. The van der Waals surface area contributed by atoms with Crippen LogP contribution >= 0.6 is 0 Å². The van der Waals surface area contributed by atoms with Gasteiger partial charge < -0.3 is 24.1 Å². The molecule has 168 valence electrons. The van der Waals surface area contributed by atoms with Crippen molar-refractivity contribution in [3.8, 4) is 28.7 Å². The summed E-state index contributed by atoms with van der Waals surface area (Å²) in [4.78, 5) is 22.7. The topological polar surface area (TPSA) is 91.3 Å². The highest BCUT2D eigenvalue weighted by molar-refractivity contribution is 5.99. The Balaban J connectivity index is 1.81. The van der Waals surface area contributed by atoms with E-state index in [0.717, 1.165) is 12.8 Å². The minimum Gasteiger partial charge on any atom is -0.507 e. The number of carbonyl (C=O) groups is 2. The minimum atomic E-state index is -0.0690. The van der Waals surface area contributed by atoms with E-state index in [2.05, 4.69) is 0 Å². The van der Waals surface area contributed by atoms with Crippen LogP contribution in [0.2, 0.25) is 0 Å². The first-order valence-electron chi connectivity index (χ1n) is 10.3. The van der Waals surface area contributed by atoms with Crippen LogP contribution in [0.25, 0.3) is 0 Å². The molecule has 0 bridgehead atoms. The second kappa shape index (κ2) is 11.8. The first-order chi connectivity index (χ1) is 14.9. The molecule has 0 saturated carbocycles. The molecule has 0 saturated heterocycles. The molecule has 0 radical (unpaired) electrons. The Kier molecular flexibility index (Phi) is 9.18. The van der Waals surface area contributed by atoms with Gasteiger partial charge in [-0.25, -0.2) is 0 Å². The van der Waals surface area contributed by atoms with Gasteiger partial charge in [0.05, 0.1) is 25.9 Å². The van der Waals surface area contributed by atoms with E-state index in [0.29, 0.717) is 60.2 Å². The number of methoxy groups -OCH3 is 1. The summed E-state index contributed by atoms with van der Waals surface area (Å²) in [6.07, 6.45) is 1.87. The zero-order valence-electron chi connectivity index (χ0n) is 18.5. The number of hydrogen-bond donors (Lipinski definition) is 1. The fourth-order valence-electron chi connectivity index (χ4n) is 3.01. The maximum Gasteiger partial charge on any atom is 0.298 e. The molecule has 0 aliphatic carbocycles. The van der Waals surface area contributed by atoms with Crippen LogP contribution in [0.5, 0.6) is 28.7 Å². The summed E-state index contributed by atoms with van der Waals surface area (Å²) < 4.78 is 21.5. The Hall–Kier alpha value is -3.22. The van der Waals surface area contributed by atoms with Crippen molar-refractivity contribution in [1.29, 1.82) is 0 Å². The highest BCUT2D eigenvalue weighted by Crippen LogP contribution is 2.32. The molecule has 2 rings (SSSR count). The number of phenols is 1. The zero-order chi connectivity index (χ0) is 22.8. The van der Waals surface area contributed by atoms with Gasteiger partial charge in [0.1, 0.15) is 17.2 Å². The Morgan fingerprint density at radius 1 is 1.03 bits per heavy atom. The monoisotopic (exact) mass is 430 g/mol. The van der Waals surface area contributed by atoms with Crippen molar-refractivity contribution in [3.63, 3.8) is 0 Å². The average molecular weight is 430 g/mol. The largest absolute Gasteiger partial charge is 0.507 e. The van der Waals surface area contributed by atoms with Crippen molar-refractivity contribution in [3.05, 3.63) is 41.5 Å². The first-order valence-corrected chi connectivity index (χ1v) is 10.3. The Labute approximate surface area is 182 Å². The summed E-state index contributed by atoms with van der Waals surface area (Å²) in [5.41, 5.74) is 0.902. The van der Waals surface area contributed by atoms with Crippen LogP contribution in [-0.2, 0) is 4.79 Å². The van der Waals surface area contributed by atoms with Crippen molar-refractivity contribution in [1.82, 2.24) is 0 Å². The Bertz CT molecular complexity index is 890. The predicted octanol–water partition coefficient (Wildman–Crippen LogP) is 4.71. The lowest BCUT2D eigenvalue weighted by molar-refractivity contribution is -0.120. The van der Waals surface area contributed by atoms with Crippen molar-refractivity contribution in [2.45, 2.75) is 40.0 Å². The number of Topliss-reactive ketones (excluding diaryl/α,β-unsaturated/α-hetero) is 1. The summed E-state index contributed by atoms with van der Waals surface area (Å²) in [6, 6.07) is 8.24. The number of carbonyl (C=O) groups excluding carboxylic acids is 2. The van der Waals surface area contributed by atoms with Gasteiger partial charge in [-0.1, -0.05) is 13.8 Å². The molecule has 0 aromatic heterocycles. The molecule has 7 nitrogen and oxygen atoms in total. The Morgan fingerprint density at radius 3 is 2.29 bits per heavy atom. The molecule has 0 atom stereocenters. The maximum atomic E-state index is 12.2. The molecule has 0 aliphatic heterocycles. The van der Waals surface area contributed by atoms with Crippen molar-refractivity contribution < 1.29 is 33.6 Å². The summed E-state index contributed by atoms with van der Waals surface area (Å²) >= 11 is 0. The quantitative estimate of drug-likeness (QED) is 0.279. The van der Waals surface area contributed by atoms with Gasteiger partial charge in [0.15, 0.2) is 17.3 Å². The Morgan fingerprint density at radius 2 is 1.68 bits per heavy atom. The lowest BCUT2D eigenvalue weighted by atomic mass is 9.98. The predicted molar refractivity (Wildman–Crippen MR) is 117 cm³/mol. The standard InChI is InChI=1S/C24H30O7/c1-16(2)13-20(26)19-8-10-21(17(3)24(19)27)29-11-5-6-12-30-22-9-7-18(31-15-25)14-23(22)28-4/h7-10,14-16,27H,5-6,11-13H2,1-4H3. The lowest BCUT2D eigenvalue weighted by Gasteiger charge is -2.14. The van der Waals surface area contributed by atoms with Crippen LogP contribution in [0, 0.1) is 12.8 Å². The number of aromatic hydroxyl groups is 1. The third-order valence-corrected chi connectivity index (χ3v) is 4.65. The van der Waals surface area contributed by atoms with E-state index in [4.69, 9.17) is 18.9 Å². The number of ketones is 1. The van der Waals surface area contributed by atoms with Crippen LogP contribution in [0.4, 0.5) is 0 Å². The molecule has 2 aromatic rings. The maximum absolute atomic E-state index is 12.2. The number of phenolic OH excluding ortho intramolecular Hbond substituents is 1. The molecular weight excluding hydrogens is 400 g/mol. The molecule has 2 aromatic carbocycles. The molecule has 0 heterocycles. The molecule has 0 aliphatic rings. The molecule has 1 N–H and O–H groups in total. The smallest absolute Gasteiger partial charge is 0.298 e.